The van der Waals surface area contributed by atoms with Crippen molar-refractivity contribution in [1.29, 1.82) is 0 Å². The van der Waals surface area contributed by atoms with Gasteiger partial charge in [0.1, 0.15) is 11.5 Å². The maximum atomic E-state index is 6.17. The van der Waals surface area contributed by atoms with E-state index in [-0.39, 0.29) is 0 Å². The first-order chi connectivity index (χ1) is 8.63. The fourth-order valence-corrected chi connectivity index (χ4v) is 2.16. The Morgan fingerprint density at radius 1 is 1.06 bits per heavy atom. The van der Waals surface area contributed by atoms with Crippen molar-refractivity contribution >= 4 is 23.2 Å². The molecule has 0 aliphatic rings. The van der Waals surface area contributed by atoms with Crippen molar-refractivity contribution in [3.05, 3.63) is 58.1 Å². The van der Waals surface area contributed by atoms with Crippen LogP contribution in [0, 0.1) is 13.8 Å². The predicted molar refractivity (Wildman–Crippen MR) is 77.0 cm³/mol. The van der Waals surface area contributed by atoms with Crippen molar-refractivity contribution in [3.8, 4) is 11.5 Å². The number of aryl methyl sites for hydroxylation is 1. The van der Waals surface area contributed by atoms with Gasteiger partial charge in [0.25, 0.3) is 0 Å². The highest BCUT2D eigenvalue weighted by Gasteiger charge is 2.10. The topological polar surface area (TPSA) is 9.23 Å². The highest BCUT2D eigenvalue weighted by Crippen LogP contribution is 2.35. The zero-order valence-electron chi connectivity index (χ0n) is 10.3. The molecule has 0 amide bonds. The van der Waals surface area contributed by atoms with E-state index in [4.69, 9.17) is 27.9 Å². The summed E-state index contributed by atoms with van der Waals surface area (Å²) in [5, 5.41) is 0.578. The van der Waals surface area contributed by atoms with E-state index >= 15 is 0 Å². The van der Waals surface area contributed by atoms with Gasteiger partial charge in [-0.25, -0.2) is 0 Å². The summed E-state index contributed by atoms with van der Waals surface area (Å²) < 4.78 is 5.93. The Hall–Kier alpha value is -1.18. The molecule has 0 saturated carbocycles. The lowest BCUT2D eigenvalue weighted by molar-refractivity contribution is 0.474. The predicted octanol–water partition coefficient (Wildman–Crippen LogP) is 5.49. The zero-order chi connectivity index (χ0) is 13.1. The number of ether oxygens (including phenoxy) is 1. The van der Waals surface area contributed by atoms with Crippen molar-refractivity contribution in [1.82, 2.24) is 0 Å². The van der Waals surface area contributed by atoms with Crippen LogP contribution in [0.4, 0.5) is 0 Å². The Balaban J connectivity index is 2.43. The first-order valence-corrected chi connectivity index (χ1v) is 6.62. The maximum Gasteiger partial charge on any atom is 0.150 e. The molecule has 18 heavy (non-hydrogen) atoms. The lowest BCUT2D eigenvalue weighted by atomic mass is 10.1. The van der Waals surface area contributed by atoms with Crippen molar-refractivity contribution in [2.75, 3.05) is 0 Å². The van der Waals surface area contributed by atoms with E-state index in [0.717, 1.165) is 16.9 Å². The molecule has 2 aromatic carbocycles. The average molecular weight is 281 g/mol. The van der Waals surface area contributed by atoms with Gasteiger partial charge in [0.2, 0.25) is 0 Å². The first-order valence-electron chi connectivity index (χ1n) is 5.71. The second kappa shape index (κ2) is 5.64. The quantitative estimate of drug-likeness (QED) is 0.676. The van der Waals surface area contributed by atoms with Gasteiger partial charge in [-0.1, -0.05) is 35.9 Å². The monoisotopic (exact) mass is 280 g/mol. The van der Waals surface area contributed by atoms with E-state index < -0.39 is 0 Å². The van der Waals surface area contributed by atoms with E-state index in [1.807, 2.05) is 31.2 Å². The second-order valence-electron chi connectivity index (χ2n) is 4.16. The second-order valence-corrected chi connectivity index (χ2v) is 4.84. The standard InChI is InChI=1S/C15H14Cl2O/c1-10-5-3-8-14(11(10)2)18-15-12(9-16)6-4-7-13(15)17/h3-8H,9H2,1-2H3. The molecule has 2 aromatic rings. The number of benzene rings is 2. The van der Waals surface area contributed by atoms with Crippen LogP contribution >= 0.6 is 23.2 Å². The summed E-state index contributed by atoms with van der Waals surface area (Å²) in [6.07, 6.45) is 0. The van der Waals surface area contributed by atoms with Crippen LogP contribution in [-0.2, 0) is 5.88 Å². The van der Waals surface area contributed by atoms with E-state index in [2.05, 4.69) is 13.0 Å². The van der Waals surface area contributed by atoms with Gasteiger partial charge in [0.15, 0.2) is 0 Å². The zero-order valence-corrected chi connectivity index (χ0v) is 11.8. The Bertz CT molecular complexity index is 564. The minimum absolute atomic E-state index is 0.376. The lowest BCUT2D eigenvalue weighted by Gasteiger charge is -2.14. The maximum absolute atomic E-state index is 6.17. The molecule has 2 rings (SSSR count). The van der Waals surface area contributed by atoms with Crippen molar-refractivity contribution < 1.29 is 4.74 Å². The molecule has 1 nitrogen and oxygen atoms in total. The highest BCUT2D eigenvalue weighted by molar-refractivity contribution is 6.32. The van der Waals surface area contributed by atoms with Crippen LogP contribution in [0.1, 0.15) is 16.7 Å². The van der Waals surface area contributed by atoms with Gasteiger partial charge in [-0.15, -0.1) is 11.6 Å². The summed E-state index contributed by atoms with van der Waals surface area (Å²) in [6.45, 7) is 4.08. The van der Waals surface area contributed by atoms with E-state index in [1.165, 1.54) is 5.56 Å². The number of halogens is 2. The van der Waals surface area contributed by atoms with Gasteiger partial charge in [0.05, 0.1) is 10.9 Å². The minimum atomic E-state index is 0.376. The first kappa shape index (κ1) is 13.3. The third-order valence-corrected chi connectivity index (χ3v) is 3.55. The normalized spacial score (nSPS) is 10.4. The van der Waals surface area contributed by atoms with Crippen LogP contribution in [0.3, 0.4) is 0 Å². The van der Waals surface area contributed by atoms with Gasteiger partial charge < -0.3 is 4.74 Å². The Kier molecular flexibility index (Phi) is 4.15. The van der Waals surface area contributed by atoms with Crippen LogP contribution < -0.4 is 4.74 Å². The number of hydrogen-bond donors (Lipinski definition) is 0. The molecule has 0 bridgehead atoms. The molecule has 3 heteroatoms. The van der Waals surface area contributed by atoms with E-state index in [9.17, 15) is 0 Å². The van der Waals surface area contributed by atoms with Crippen LogP contribution in [-0.4, -0.2) is 0 Å². The summed E-state index contributed by atoms with van der Waals surface area (Å²) in [6, 6.07) is 11.5. The summed E-state index contributed by atoms with van der Waals surface area (Å²) in [5.41, 5.74) is 3.19. The molecule has 0 unspecified atom stereocenters. The SMILES string of the molecule is Cc1cccc(Oc2c(Cl)cccc2CCl)c1C. The Labute approximate surface area is 117 Å². The van der Waals surface area contributed by atoms with E-state index in [1.54, 1.807) is 6.07 Å². The third kappa shape index (κ3) is 2.63. The molecule has 0 atom stereocenters. The largest absolute Gasteiger partial charge is 0.455 e. The molecule has 0 saturated heterocycles. The molecule has 0 aliphatic heterocycles. The molecular weight excluding hydrogens is 267 g/mol. The molecule has 94 valence electrons. The molecular formula is C15H14Cl2O. The van der Waals surface area contributed by atoms with Crippen LogP contribution in [0.25, 0.3) is 0 Å². The lowest BCUT2D eigenvalue weighted by Crippen LogP contribution is -1.93. The van der Waals surface area contributed by atoms with Gasteiger partial charge in [0, 0.05) is 5.56 Å². The third-order valence-electron chi connectivity index (χ3n) is 2.96. The summed E-state index contributed by atoms with van der Waals surface area (Å²) in [7, 11) is 0. The molecule has 0 fully saturated rings. The van der Waals surface area contributed by atoms with Gasteiger partial charge in [-0.2, -0.15) is 0 Å². The highest BCUT2D eigenvalue weighted by atomic mass is 35.5. The molecule has 0 spiro atoms. The fraction of sp³-hybridized carbons (Fsp3) is 0.200. The van der Waals surface area contributed by atoms with Gasteiger partial charge in [-0.05, 0) is 37.1 Å². The van der Waals surface area contributed by atoms with Crippen molar-refractivity contribution in [3.63, 3.8) is 0 Å². The van der Waals surface area contributed by atoms with Crippen molar-refractivity contribution in [2.45, 2.75) is 19.7 Å². The minimum Gasteiger partial charge on any atom is -0.455 e. The number of rotatable bonds is 3. The smallest absolute Gasteiger partial charge is 0.150 e. The Morgan fingerprint density at radius 2 is 1.78 bits per heavy atom. The summed E-state index contributed by atoms with van der Waals surface area (Å²) in [5.74, 6) is 1.83. The van der Waals surface area contributed by atoms with Gasteiger partial charge in [-0.3, -0.25) is 0 Å². The van der Waals surface area contributed by atoms with Crippen LogP contribution in [0.2, 0.25) is 5.02 Å². The average Bonchev–Trinajstić information content (AvgIpc) is 2.37. The van der Waals surface area contributed by atoms with Crippen LogP contribution in [0.5, 0.6) is 11.5 Å². The molecule has 0 aliphatic carbocycles. The number of alkyl halides is 1. The molecule has 0 radical (unpaired) electrons. The molecule has 0 N–H and O–H groups in total. The fourth-order valence-electron chi connectivity index (χ4n) is 1.72. The number of hydrogen-bond acceptors (Lipinski definition) is 1. The van der Waals surface area contributed by atoms with Gasteiger partial charge >= 0.3 is 0 Å². The number of para-hydroxylation sites is 1. The van der Waals surface area contributed by atoms with Crippen molar-refractivity contribution in [2.24, 2.45) is 0 Å². The van der Waals surface area contributed by atoms with Crippen LogP contribution in [0.15, 0.2) is 36.4 Å². The molecule has 0 aromatic heterocycles. The van der Waals surface area contributed by atoms with E-state index in [0.29, 0.717) is 16.7 Å². The summed E-state index contributed by atoms with van der Waals surface area (Å²) >= 11 is 12.1. The summed E-state index contributed by atoms with van der Waals surface area (Å²) in [4.78, 5) is 0. The Morgan fingerprint density at radius 3 is 2.50 bits per heavy atom. The molecule has 0 heterocycles.